The maximum absolute atomic E-state index is 12.5. The lowest BCUT2D eigenvalue weighted by molar-refractivity contribution is -0.112. The van der Waals surface area contributed by atoms with Crippen molar-refractivity contribution >= 4 is 45.2 Å². The fourth-order valence-electron chi connectivity index (χ4n) is 3.02. The summed E-state index contributed by atoms with van der Waals surface area (Å²) in [5, 5.41) is 12.7. The zero-order chi connectivity index (χ0) is 22.2. The van der Waals surface area contributed by atoms with E-state index in [9.17, 15) is 10.1 Å². The smallest absolute Gasteiger partial charge is 0.266 e. The Morgan fingerprint density at radius 1 is 1.13 bits per heavy atom. The number of nitriles is 1. The standard InChI is InChI=1S/C25H20BrClN2O2/c1-2-31-24-13-17(10-11-19(24)14-18-6-3-4-9-23(18)26)12-20(16-28)25(30)29-22-8-5-7-21(27)15-22/h3-13,15H,2,14H2,1H3,(H,29,30)/b20-12+. The van der Waals surface area contributed by atoms with Gasteiger partial charge in [0, 0.05) is 21.6 Å². The third-order valence-corrected chi connectivity index (χ3v) is 5.50. The molecule has 0 saturated heterocycles. The Kier molecular flexibility index (Phi) is 7.88. The molecule has 0 atom stereocenters. The second kappa shape index (κ2) is 10.8. The van der Waals surface area contributed by atoms with E-state index in [1.54, 1.807) is 30.3 Å². The molecule has 3 aromatic rings. The Bertz CT molecular complexity index is 1170. The average molecular weight is 496 g/mol. The summed E-state index contributed by atoms with van der Waals surface area (Å²) in [4.78, 5) is 12.5. The van der Waals surface area contributed by atoms with Crippen LogP contribution in [-0.2, 0) is 11.2 Å². The molecular weight excluding hydrogens is 476 g/mol. The first kappa shape index (κ1) is 22.6. The highest BCUT2D eigenvalue weighted by molar-refractivity contribution is 9.10. The van der Waals surface area contributed by atoms with Gasteiger partial charge in [-0.1, -0.05) is 63.9 Å². The molecule has 0 aliphatic rings. The molecule has 0 heterocycles. The Labute approximate surface area is 195 Å². The van der Waals surface area contributed by atoms with Crippen molar-refractivity contribution in [2.45, 2.75) is 13.3 Å². The van der Waals surface area contributed by atoms with Crippen molar-refractivity contribution in [2.75, 3.05) is 11.9 Å². The van der Waals surface area contributed by atoms with Crippen LogP contribution in [0.15, 0.2) is 76.8 Å². The summed E-state index contributed by atoms with van der Waals surface area (Å²) in [6.07, 6.45) is 2.24. The summed E-state index contributed by atoms with van der Waals surface area (Å²) < 4.78 is 6.86. The lowest BCUT2D eigenvalue weighted by Crippen LogP contribution is -2.13. The fourth-order valence-corrected chi connectivity index (χ4v) is 3.64. The van der Waals surface area contributed by atoms with Gasteiger partial charge in [0.15, 0.2) is 0 Å². The number of halogens is 2. The third kappa shape index (κ3) is 6.21. The van der Waals surface area contributed by atoms with Gasteiger partial charge in [-0.25, -0.2) is 0 Å². The van der Waals surface area contributed by atoms with E-state index in [-0.39, 0.29) is 5.57 Å². The average Bonchev–Trinajstić information content (AvgIpc) is 2.75. The monoisotopic (exact) mass is 494 g/mol. The molecule has 0 aliphatic carbocycles. The highest BCUT2D eigenvalue weighted by Gasteiger charge is 2.12. The van der Waals surface area contributed by atoms with Gasteiger partial charge in [-0.3, -0.25) is 4.79 Å². The maximum Gasteiger partial charge on any atom is 0.266 e. The van der Waals surface area contributed by atoms with Crippen LogP contribution in [0.1, 0.15) is 23.6 Å². The van der Waals surface area contributed by atoms with Crippen LogP contribution in [0.4, 0.5) is 5.69 Å². The highest BCUT2D eigenvalue weighted by atomic mass is 79.9. The van der Waals surface area contributed by atoms with E-state index >= 15 is 0 Å². The van der Waals surface area contributed by atoms with Crippen molar-refractivity contribution in [1.82, 2.24) is 0 Å². The summed E-state index contributed by atoms with van der Waals surface area (Å²) in [5.41, 5.74) is 3.38. The van der Waals surface area contributed by atoms with Gasteiger partial charge in [0.05, 0.1) is 6.61 Å². The molecule has 1 N–H and O–H groups in total. The van der Waals surface area contributed by atoms with Crippen LogP contribution in [0.3, 0.4) is 0 Å². The van der Waals surface area contributed by atoms with E-state index in [4.69, 9.17) is 16.3 Å². The molecule has 156 valence electrons. The van der Waals surface area contributed by atoms with Gasteiger partial charge in [0.1, 0.15) is 17.4 Å². The summed E-state index contributed by atoms with van der Waals surface area (Å²) >= 11 is 9.54. The van der Waals surface area contributed by atoms with Crippen LogP contribution in [0.25, 0.3) is 6.08 Å². The van der Waals surface area contributed by atoms with Gasteiger partial charge in [0.2, 0.25) is 0 Å². The minimum Gasteiger partial charge on any atom is -0.494 e. The number of carbonyl (C=O) groups is 1. The molecule has 0 spiro atoms. The molecule has 0 aromatic heterocycles. The first-order valence-electron chi connectivity index (χ1n) is 9.68. The van der Waals surface area contributed by atoms with Crippen LogP contribution >= 0.6 is 27.5 Å². The Morgan fingerprint density at radius 3 is 2.65 bits per heavy atom. The predicted octanol–water partition coefficient (Wildman–Crippen LogP) is 6.64. The van der Waals surface area contributed by atoms with Crippen molar-refractivity contribution in [1.29, 1.82) is 5.26 Å². The quantitative estimate of drug-likeness (QED) is 0.295. The van der Waals surface area contributed by atoms with Crippen LogP contribution in [-0.4, -0.2) is 12.5 Å². The summed E-state index contributed by atoms with van der Waals surface area (Å²) in [6, 6.07) is 22.5. The predicted molar refractivity (Wildman–Crippen MR) is 128 cm³/mol. The Morgan fingerprint density at radius 2 is 1.94 bits per heavy atom. The van der Waals surface area contributed by atoms with E-state index in [2.05, 4.69) is 27.3 Å². The van der Waals surface area contributed by atoms with Crippen molar-refractivity contribution < 1.29 is 9.53 Å². The number of benzene rings is 3. The number of nitrogens with zero attached hydrogens (tertiary/aromatic N) is 1. The highest BCUT2D eigenvalue weighted by Crippen LogP contribution is 2.27. The molecule has 0 aliphatic heterocycles. The van der Waals surface area contributed by atoms with Gasteiger partial charge in [-0.15, -0.1) is 0 Å². The molecule has 4 nitrogen and oxygen atoms in total. The van der Waals surface area contributed by atoms with E-state index in [1.807, 2.05) is 49.4 Å². The minimum atomic E-state index is -0.500. The molecule has 0 fully saturated rings. The number of rotatable bonds is 7. The van der Waals surface area contributed by atoms with E-state index in [1.165, 1.54) is 0 Å². The van der Waals surface area contributed by atoms with Gasteiger partial charge in [-0.2, -0.15) is 5.26 Å². The van der Waals surface area contributed by atoms with Gasteiger partial charge in [-0.05, 0) is 60.0 Å². The summed E-state index contributed by atoms with van der Waals surface area (Å²) in [5.74, 6) is 0.222. The molecule has 3 aromatic carbocycles. The molecule has 0 unspecified atom stereocenters. The SMILES string of the molecule is CCOc1cc(/C=C(\C#N)C(=O)Nc2cccc(Cl)c2)ccc1Cc1ccccc1Br. The lowest BCUT2D eigenvalue weighted by atomic mass is 10.0. The number of carbonyl (C=O) groups excluding carboxylic acids is 1. The van der Waals surface area contributed by atoms with Gasteiger partial charge >= 0.3 is 0 Å². The van der Waals surface area contributed by atoms with Crippen molar-refractivity contribution in [3.63, 3.8) is 0 Å². The molecule has 1 amide bonds. The van der Waals surface area contributed by atoms with E-state index in [0.29, 0.717) is 29.3 Å². The fraction of sp³-hybridized carbons (Fsp3) is 0.120. The number of nitrogens with one attached hydrogen (secondary N) is 1. The minimum absolute atomic E-state index is 0.0130. The molecule has 6 heteroatoms. The third-order valence-electron chi connectivity index (χ3n) is 4.49. The first-order chi connectivity index (χ1) is 15.0. The second-order valence-corrected chi connectivity index (χ2v) is 7.99. The maximum atomic E-state index is 12.5. The normalized spacial score (nSPS) is 11.0. The number of amides is 1. The Balaban J connectivity index is 1.86. The number of anilines is 1. The van der Waals surface area contributed by atoms with Gasteiger partial charge < -0.3 is 10.1 Å². The van der Waals surface area contributed by atoms with Crippen LogP contribution in [0, 0.1) is 11.3 Å². The second-order valence-electron chi connectivity index (χ2n) is 6.70. The van der Waals surface area contributed by atoms with Crippen molar-refractivity contribution in [3.05, 3.63) is 98.5 Å². The number of hydrogen-bond donors (Lipinski definition) is 1. The first-order valence-corrected chi connectivity index (χ1v) is 10.8. The molecule has 0 radical (unpaired) electrons. The Hall–Kier alpha value is -3.07. The summed E-state index contributed by atoms with van der Waals surface area (Å²) in [6.45, 7) is 2.43. The summed E-state index contributed by atoms with van der Waals surface area (Å²) in [7, 11) is 0. The van der Waals surface area contributed by atoms with Gasteiger partial charge in [0.25, 0.3) is 5.91 Å². The zero-order valence-electron chi connectivity index (χ0n) is 16.9. The molecule has 0 saturated carbocycles. The van der Waals surface area contributed by atoms with Crippen molar-refractivity contribution in [3.8, 4) is 11.8 Å². The largest absolute Gasteiger partial charge is 0.494 e. The lowest BCUT2D eigenvalue weighted by Gasteiger charge is -2.12. The zero-order valence-corrected chi connectivity index (χ0v) is 19.2. The van der Waals surface area contributed by atoms with Crippen LogP contribution in [0.5, 0.6) is 5.75 Å². The van der Waals surface area contributed by atoms with Crippen LogP contribution in [0.2, 0.25) is 5.02 Å². The molecular formula is C25H20BrClN2O2. The topological polar surface area (TPSA) is 62.1 Å². The number of hydrogen-bond acceptors (Lipinski definition) is 3. The van der Waals surface area contributed by atoms with Crippen LogP contribution < -0.4 is 10.1 Å². The molecule has 3 rings (SSSR count). The van der Waals surface area contributed by atoms with E-state index < -0.39 is 5.91 Å². The number of ether oxygens (including phenoxy) is 1. The molecule has 0 bridgehead atoms. The van der Waals surface area contributed by atoms with Crippen molar-refractivity contribution in [2.24, 2.45) is 0 Å². The molecule has 31 heavy (non-hydrogen) atoms. The van der Waals surface area contributed by atoms with E-state index in [0.717, 1.165) is 21.3 Å².